The van der Waals surface area contributed by atoms with E-state index in [1.807, 2.05) is 0 Å². The molecule has 1 heterocycles. The molecule has 0 radical (unpaired) electrons. The van der Waals surface area contributed by atoms with E-state index in [9.17, 15) is 4.79 Å². The van der Waals surface area contributed by atoms with Crippen LogP contribution in [0.4, 0.5) is 0 Å². The molecule has 0 amide bonds. The van der Waals surface area contributed by atoms with Gasteiger partial charge in [0.1, 0.15) is 6.61 Å². The SMILES string of the molecule is C=CCOc1ccc(C=O)s1. The highest BCUT2D eigenvalue weighted by Gasteiger charge is 1.97. The van der Waals surface area contributed by atoms with Gasteiger partial charge in [-0.05, 0) is 12.1 Å². The molecule has 3 heteroatoms. The molecule has 0 fully saturated rings. The van der Waals surface area contributed by atoms with E-state index in [0.717, 1.165) is 11.3 Å². The minimum atomic E-state index is 0.485. The number of hydrogen-bond acceptors (Lipinski definition) is 3. The van der Waals surface area contributed by atoms with E-state index in [0.29, 0.717) is 11.5 Å². The number of aldehydes is 1. The molecule has 0 spiro atoms. The van der Waals surface area contributed by atoms with Crippen LogP contribution in [0.3, 0.4) is 0 Å². The minimum absolute atomic E-state index is 0.485. The summed E-state index contributed by atoms with van der Waals surface area (Å²) in [4.78, 5) is 10.9. The molecule has 58 valence electrons. The predicted octanol–water partition coefficient (Wildman–Crippen LogP) is 2.13. The number of ether oxygens (including phenoxy) is 1. The molecule has 0 N–H and O–H groups in total. The molecule has 0 aromatic carbocycles. The fraction of sp³-hybridized carbons (Fsp3) is 0.125. The summed E-state index contributed by atoms with van der Waals surface area (Å²) >= 11 is 1.33. The Morgan fingerprint density at radius 2 is 2.45 bits per heavy atom. The van der Waals surface area contributed by atoms with Gasteiger partial charge in [-0.15, -0.1) is 0 Å². The van der Waals surface area contributed by atoms with Gasteiger partial charge < -0.3 is 4.74 Å². The fourth-order valence-electron chi connectivity index (χ4n) is 0.616. The Hall–Kier alpha value is -1.09. The second-order valence-corrected chi connectivity index (χ2v) is 2.95. The summed E-state index contributed by atoms with van der Waals surface area (Å²) in [6.07, 6.45) is 2.48. The Morgan fingerprint density at radius 3 is 3.00 bits per heavy atom. The van der Waals surface area contributed by atoms with Crippen molar-refractivity contribution in [3.63, 3.8) is 0 Å². The largest absolute Gasteiger partial charge is 0.480 e. The van der Waals surface area contributed by atoms with Gasteiger partial charge in [-0.1, -0.05) is 24.0 Å². The first-order valence-electron chi connectivity index (χ1n) is 3.15. The third kappa shape index (κ3) is 2.20. The third-order valence-corrected chi connectivity index (χ3v) is 1.98. The van der Waals surface area contributed by atoms with Gasteiger partial charge in [0.25, 0.3) is 0 Å². The van der Waals surface area contributed by atoms with Gasteiger partial charge in [-0.3, -0.25) is 4.79 Å². The van der Waals surface area contributed by atoms with Crippen LogP contribution in [0.1, 0.15) is 9.67 Å². The van der Waals surface area contributed by atoms with Crippen molar-refractivity contribution >= 4 is 17.6 Å². The Morgan fingerprint density at radius 1 is 1.64 bits per heavy atom. The molecular formula is C8H8O2S. The first kappa shape index (κ1) is 8.01. The van der Waals surface area contributed by atoms with Crippen molar-refractivity contribution in [1.82, 2.24) is 0 Å². The topological polar surface area (TPSA) is 26.3 Å². The van der Waals surface area contributed by atoms with Crippen molar-refractivity contribution in [2.75, 3.05) is 6.61 Å². The third-order valence-electron chi connectivity index (χ3n) is 1.06. The van der Waals surface area contributed by atoms with Crippen molar-refractivity contribution < 1.29 is 9.53 Å². The number of hydrogen-bond donors (Lipinski definition) is 0. The molecule has 11 heavy (non-hydrogen) atoms. The lowest BCUT2D eigenvalue weighted by Gasteiger charge is -1.95. The van der Waals surface area contributed by atoms with Crippen molar-refractivity contribution in [3.8, 4) is 5.06 Å². The van der Waals surface area contributed by atoms with Gasteiger partial charge in [-0.25, -0.2) is 0 Å². The minimum Gasteiger partial charge on any atom is -0.480 e. The van der Waals surface area contributed by atoms with E-state index >= 15 is 0 Å². The van der Waals surface area contributed by atoms with Crippen LogP contribution in [0.5, 0.6) is 5.06 Å². The molecule has 1 rings (SSSR count). The number of rotatable bonds is 4. The summed E-state index contributed by atoms with van der Waals surface area (Å²) in [5.41, 5.74) is 0. The lowest BCUT2D eigenvalue weighted by molar-refractivity contribution is 0.112. The Balaban J connectivity index is 2.57. The summed E-state index contributed by atoms with van der Waals surface area (Å²) in [5.74, 6) is 0. The summed E-state index contributed by atoms with van der Waals surface area (Å²) in [7, 11) is 0. The quantitative estimate of drug-likeness (QED) is 0.508. The van der Waals surface area contributed by atoms with Crippen molar-refractivity contribution in [2.45, 2.75) is 0 Å². The highest BCUT2D eigenvalue weighted by Crippen LogP contribution is 2.22. The van der Waals surface area contributed by atoms with Gasteiger partial charge in [0.05, 0.1) is 4.88 Å². The van der Waals surface area contributed by atoms with Crippen LogP contribution in [0, 0.1) is 0 Å². The molecule has 0 atom stereocenters. The maximum atomic E-state index is 10.2. The van der Waals surface area contributed by atoms with Gasteiger partial charge in [0.15, 0.2) is 11.3 Å². The highest BCUT2D eigenvalue weighted by molar-refractivity contribution is 7.15. The van der Waals surface area contributed by atoms with Gasteiger partial charge >= 0.3 is 0 Å². The maximum absolute atomic E-state index is 10.2. The molecule has 0 aliphatic carbocycles. The highest BCUT2D eigenvalue weighted by atomic mass is 32.1. The van der Waals surface area contributed by atoms with Crippen molar-refractivity contribution in [2.24, 2.45) is 0 Å². The molecule has 0 saturated carbocycles. The zero-order valence-electron chi connectivity index (χ0n) is 5.95. The standard InChI is InChI=1S/C8H8O2S/c1-2-5-10-8-4-3-7(6-9)11-8/h2-4,6H,1,5H2. The average Bonchev–Trinajstić information content (AvgIpc) is 2.48. The molecule has 0 bridgehead atoms. The fourth-order valence-corrected chi connectivity index (χ4v) is 1.30. The molecular weight excluding hydrogens is 160 g/mol. The monoisotopic (exact) mass is 168 g/mol. The summed E-state index contributed by atoms with van der Waals surface area (Å²) in [6, 6.07) is 3.51. The van der Waals surface area contributed by atoms with E-state index in [-0.39, 0.29) is 0 Å². The van der Waals surface area contributed by atoms with Crippen molar-refractivity contribution in [1.29, 1.82) is 0 Å². The molecule has 0 unspecified atom stereocenters. The van der Waals surface area contributed by atoms with Crippen LogP contribution in [0.15, 0.2) is 24.8 Å². The zero-order chi connectivity index (χ0) is 8.10. The summed E-state index contributed by atoms with van der Waals surface area (Å²) in [5, 5.41) is 0.756. The maximum Gasteiger partial charge on any atom is 0.174 e. The summed E-state index contributed by atoms with van der Waals surface area (Å²) in [6.45, 7) is 4.00. The smallest absolute Gasteiger partial charge is 0.174 e. The molecule has 1 aromatic heterocycles. The number of carbonyl (C=O) groups excluding carboxylic acids is 1. The first-order chi connectivity index (χ1) is 5.36. The lowest BCUT2D eigenvalue weighted by atomic mass is 10.5. The van der Waals surface area contributed by atoms with Crippen LogP contribution < -0.4 is 4.74 Å². The van der Waals surface area contributed by atoms with Crippen LogP contribution in [0.2, 0.25) is 0 Å². The number of carbonyl (C=O) groups is 1. The van der Waals surface area contributed by atoms with E-state index < -0.39 is 0 Å². The zero-order valence-corrected chi connectivity index (χ0v) is 6.76. The number of thiophene rings is 1. The van der Waals surface area contributed by atoms with Crippen LogP contribution >= 0.6 is 11.3 Å². The van der Waals surface area contributed by atoms with Crippen LogP contribution in [-0.4, -0.2) is 12.9 Å². The molecule has 0 saturated heterocycles. The van der Waals surface area contributed by atoms with Crippen LogP contribution in [-0.2, 0) is 0 Å². The summed E-state index contributed by atoms with van der Waals surface area (Å²) < 4.78 is 5.18. The van der Waals surface area contributed by atoms with E-state index in [1.54, 1.807) is 18.2 Å². The average molecular weight is 168 g/mol. The first-order valence-corrected chi connectivity index (χ1v) is 3.97. The second kappa shape index (κ2) is 3.93. The van der Waals surface area contributed by atoms with Gasteiger partial charge in [0.2, 0.25) is 0 Å². The molecule has 0 aliphatic heterocycles. The Bertz CT molecular complexity index is 252. The normalized spacial score (nSPS) is 9.09. The van der Waals surface area contributed by atoms with Crippen molar-refractivity contribution in [3.05, 3.63) is 29.7 Å². The Kier molecular flexibility index (Phi) is 2.86. The van der Waals surface area contributed by atoms with Crippen LogP contribution in [0.25, 0.3) is 0 Å². The van der Waals surface area contributed by atoms with E-state index in [1.165, 1.54) is 11.3 Å². The van der Waals surface area contributed by atoms with Gasteiger partial charge in [0, 0.05) is 0 Å². The van der Waals surface area contributed by atoms with E-state index in [4.69, 9.17) is 4.74 Å². The second-order valence-electron chi connectivity index (χ2n) is 1.87. The molecule has 1 aromatic rings. The molecule has 0 aliphatic rings. The predicted molar refractivity (Wildman–Crippen MR) is 45.4 cm³/mol. The molecule has 2 nitrogen and oxygen atoms in total. The van der Waals surface area contributed by atoms with E-state index in [2.05, 4.69) is 6.58 Å². The Labute approximate surface area is 69.1 Å². The lowest BCUT2D eigenvalue weighted by Crippen LogP contribution is -1.88. The van der Waals surface area contributed by atoms with Gasteiger partial charge in [-0.2, -0.15) is 0 Å².